The van der Waals surface area contributed by atoms with E-state index in [1.807, 2.05) is 0 Å². The summed E-state index contributed by atoms with van der Waals surface area (Å²) in [6.45, 7) is 2.28. The Morgan fingerprint density at radius 2 is 2.28 bits per heavy atom. The number of thiazole rings is 1. The van der Waals surface area contributed by atoms with Gasteiger partial charge in [0, 0.05) is 6.07 Å². The third-order valence-corrected chi connectivity index (χ3v) is 4.33. The van der Waals surface area contributed by atoms with Crippen LogP contribution in [-0.4, -0.2) is 28.2 Å². The van der Waals surface area contributed by atoms with Crippen LogP contribution in [0, 0.1) is 12.3 Å². The van der Waals surface area contributed by atoms with Gasteiger partial charge in [-0.05, 0) is 25.1 Å². The van der Waals surface area contributed by atoms with E-state index in [9.17, 15) is 9.59 Å². The molecule has 0 atom stereocenters. The zero-order chi connectivity index (χ0) is 17.8. The zero-order valence-electron chi connectivity index (χ0n) is 13.3. The van der Waals surface area contributed by atoms with Crippen molar-refractivity contribution < 1.29 is 18.8 Å². The van der Waals surface area contributed by atoms with E-state index in [0.29, 0.717) is 17.0 Å². The van der Waals surface area contributed by atoms with Gasteiger partial charge >= 0.3 is 11.9 Å². The summed E-state index contributed by atoms with van der Waals surface area (Å²) in [7, 11) is 0. The maximum Gasteiger partial charge on any atom is 0.338 e. The lowest BCUT2D eigenvalue weighted by molar-refractivity contribution is 0.0526. The lowest BCUT2D eigenvalue weighted by Crippen LogP contribution is -2.16. The average Bonchev–Trinajstić information content (AvgIpc) is 3.24. The number of esters is 1. The van der Waals surface area contributed by atoms with Crippen LogP contribution in [0.15, 0.2) is 40.0 Å². The summed E-state index contributed by atoms with van der Waals surface area (Å²) in [6, 6.07) is 6.54. The molecule has 3 aromatic rings. The minimum atomic E-state index is -0.555. The Kier molecular flexibility index (Phi) is 4.77. The number of rotatable bonds is 4. The molecule has 126 valence electrons. The van der Waals surface area contributed by atoms with Gasteiger partial charge in [0.05, 0.1) is 35.1 Å². The van der Waals surface area contributed by atoms with Gasteiger partial charge in [0.2, 0.25) is 5.76 Å². The van der Waals surface area contributed by atoms with E-state index in [0.717, 1.165) is 10.2 Å². The number of benzene rings is 1. The molecule has 2 aromatic heterocycles. The van der Waals surface area contributed by atoms with Gasteiger partial charge in [-0.3, -0.25) is 4.79 Å². The molecule has 0 saturated heterocycles. The topological polar surface area (TPSA) is 86.7 Å². The lowest BCUT2D eigenvalue weighted by Gasteiger charge is -2.02. The molecule has 0 bridgehead atoms. The van der Waals surface area contributed by atoms with E-state index in [4.69, 9.17) is 15.7 Å². The van der Waals surface area contributed by atoms with Crippen molar-refractivity contribution in [1.29, 1.82) is 0 Å². The summed E-state index contributed by atoms with van der Waals surface area (Å²) in [5.74, 6) is 1.62. The van der Waals surface area contributed by atoms with Crippen molar-refractivity contribution in [2.24, 2.45) is 4.99 Å². The standard InChI is InChI=1S/C17H13N3O4S/c1-3-9-20-12-6-5-11(16(22)23-4-2)10-14(12)25-17(20)19-15(21)13-7-8-18-24-13/h1,5-8,10H,4,9H2,2H3. The predicted molar refractivity (Wildman–Crippen MR) is 91.0 cm³/mol. The quantitative estimate of drug-likeness (QED) is 0.529. The molecule has 0 saturated carbocycles. The number of hydrogen-bond donors (Lipinski definition) is 0. The Labute approximate surface area is 146 Å². The van der Waals surface area contributed by atoms with Gasteiger partial charge in [0.15, 0.2) is 4.80 Å². The summed E-state index contributed by atoms with van der Waals surface area (Å²) in [4.78, 5) is 28.5. The molecule has 1 aromatic carbocycles. The number of aromatic nitrogens is 2. The van der Waals surface area contributed by atoms with E-state index in [2.05, 4.69) is 16.1 Å². The molecule has 0 fully saturated rings. The van der Waals surface area contributed by atoms with Crippen molar-refractivity contribution in [3.63, 3.8) is 0 Å². The largest absolute Gasteiger partial charge is 0.462 e. The molecule has 1 amide bonds. The van der Waals surface area contributed by atoms with E-state index in [-0.39, 0.29) is 12.3 Å². The lowest BCUT2D eigenvalue weighted by atomic mass is 10.2. The third kappa shape index (κ3) is 3.36. The van der Waals surface area contributed by atoms with Crippen LogP contribution in [0.2, 0.25) is 0 Å². The molecule has 3 rings (SSSR count). The van der Waals surface area contributed by atoms with Gasteiger partial charge in [-0.15, -0.1) is 6.42 Å². The Balaban J connectivity index is 2.11. The fourth-order valence-electron chi connectivity index (χ4n) is 2.21. The van der Waals surface area contributed by atoms with Crippen LogP contribution >= 0.6 is 11.3 Å². The second-order valence-electron chi connectivity index (χ2n) is 4.87. The summed E-state index contributed by atoms with van der Waals surface area (Å²) in [5.41, 5.74) is 1.21. The number of fused-ring (bicyclic) bond motifs is 1. The van der Waals surface area contributed by atoms with E-state index < -0.39 is 11.9 Å². The molecular weight excluding hydrogens is 342 g/mol. The van der Waals surface area contributed by atoms with Crippen molar-refractivity contribution in [3.8, 4) is 12.3 Å². The molecule has 0 aliphatic carbocycles. The predicted octanol–water partition coefficient (Wildman–Crippen LogP) is 2.24. The molecule has 25 heavy (non-hydrogen) atoms. The summed E-state index contributed by atoms with van der Waals surface area (Å²) in [5, 5.41) is 3.49. The highest BCUT2D eigenvalue weighted by molar-refractivity contribution is 7.16. The minimum Gasteiger partial charge on any atom is -0.462 e. The fraction of sp³-hybridized carbons (Fsp3) is 0.176. The summed E-state index contributed by atoms with van der Waals surface area (Å²) < 4.78 is 12.3. The van der Waals surface area contributed by atoms with Crippen LogP contribution in [0.1, 0.15) is 27.8 Å². The van der Waals surface area contributed by atoms with Gasteiger partial charge < -0.3 is 13.8 Å². The maximum atomic E-state index is 12.1. The van der Waals surface area contributed by atoms with Gasteiger partial charge in [-0.1, -0.05) is 22.4 Å². The highest BCUT2D eigenvalue weighted by atomic mass is 32.1. The van der Waals surface area contributed by atoms with Crippen LogP contribution in [0.3, 0.4) is 0 Å². The molecule has 0 unspecified atom stereocenters. The number of hydrogen-bond acceptors (Lipinski definition) is 6. The number of ether oxygens (including phenoxy) is 1. The second kappa shape index (κ2) is 7.15. The number of nitrogens with zero attached hydrogens (tertiary/aromatic N) is 3. The van der Waals surface area contributed by atoms with Crippen molar-refractivity contribution in [2.45, 2.75) is 13.5 Å². The van der Waals surface area contributed by atoms with Crippen molar-refractivity contribution in [3.05, 3.63) is 46.6 Å². The summed E-state index contributed by atoms with van der Waals surface area (Å²) in [6.07, 6.45) is 6.80. The SMILES string of the molecule is C#CCn1c(=NC(=O)c2ccno2)sc2cc(C(=O)OCC)ccc21. The van der Waals surface area contributed by atoms with Crippen molar-refractivity contribution in [1.82, 2.24) is 9.72 Å². The Bertz CT molecular complexity index is 1040. The first-order chi connectivity index (χ1) is 12.1. The molecule has 0 aliphatic heterocycles. The first-order valence-corrected chi connectivity index (χ1v) is 8.19. The van der Waals surface area contributed by atoms with Gasteiger partial charge in [0.25, 0.3) is 0 Å². The smallest absolute Gasteiger partial charge is 0.338 e. The second-order valence-corrected chi connectivity index (χ2v) is 5.88. The zero-order valence-corrected chi connectivity index (χ0v) is 14.1. The van der Waals surface area contributed by atoms with Crippen LogP contribution in [0.4, 0.5) is 0 Å². The third-order valence-electron chi connectivity index (χ3n) is 3.29. The summed E-state index contributed by atoms with van der Waals surface area (Å²) >= 11 is 1.25. The first kappa shape index (κ1) is 16.7. The average molecular weight is 355 g/mol. The molecule has 0 radical (unpaired) electrons. The Morgan fingerprint density at radius 3 is 2.96 bits per heavy atom. The van der Waals surface area contributed by atoms with Crippen LogP contribution in [-0.2, 0) is 11.3 Å². The van der Waals surface area contributed by atoms with Gasteiger partial charge in [0.1, 0.15) is 0 Å². The number of terminal acetylenes is 1. The Hall–Kier alpha value is -3.18. The molecular formula is C17H13N3O4S. The van der Waals surface area contributed by atoms with Crippen LogP contribution in [0.5, 0.6) is 0 Å². The molecule has 2 heterocycles. The van der Waals surface area contributed by atoms with Gasteiger partial charge in [-0.25, -0.2) is 4.79 Å². The van der Waals surface area contributed by atoms with Gasteiger partial charge in [-0.2, -0.15) is 4.99 Å². The van der Waals surface area contributed by atoms with E-state index in [1.165, 1.54) is 23.6 Å². The highest BCUT2D eigenvalue weighted by Gasteiger charge is 2.13. The normalized spacial score (nSPS) is 11.4. The molecule has 0 N–H and O–H groups in total. The van der Waals surface area contributed by atoms with Crippen LogP contribution < -0.4 is 4.80 Å². The van der Waals surface area contributed by atoms with E-state index in [1.54, 1.807) is 29.7 Å². The number of carbonyl (C=O) groups excluding carboxylic acids is 2. The minimum absolute atomic E-state index is 0.0388. The number of amides is 1. The molecule has 0 aliphatic rings. The number of carbonyl (C=O) groups is 2. The monoisotopic (exact) mass is 355 g/mol. The Morgan fingerprint density at radius 1 is 1.44 bits per heavy atom. The van der Waals surface area contributed by atoms with Crippen molar-refractivity contribution >= 4 is 33.4 Å². The molecule has 8 heteroatoms. The maximum absolute atomic E-state index is 12.1. The molecule has 7 nitrogen and oxygen atoms in total. The van der Waals surface area contributed by atoms with Crippen LogP contribution in [0.25, 0.3) is 10.2 Å². The highest BCUT2D eigenvalue weighted by Crippen LogP contribution is 2.20. The molecule has 0 spiro atoms. The van der Waals surface area contributed by atoms with E-state index >= 15 is 0 Å². The first-order valence-electron chi connectivity index (χ1n) is 7.37. The van der Waals surface area contributed by atoms with Crippen molar-refractivity contribution in [2.75, 3.05) is 6.61 Å². The fourth-order valence-corrected chi connectivity index (χ4v) is 3.28.